The molecule has 49 heavy (non-hydrogen) atoms. The number of phosphoric acid groups is 3. The van der Waals surface area contributed by atoms with Crippen molar-refractivity contribution in [2.45, 2.75) is 81.7 Å². The van der Waals surface area contributed by atoms with Gasteiger partial charge >= 0.3 is 29.6 Å². The molecule has 4 rings (SSSR count). The summed E-state index contributed by atoms with van der Waals surface area (Å²) in [4.78, 5) is 61.7. The van der Waals surface area contributed by atoms with Crippen LogP contribution in [-0.2, 0) is 41.1 Å². The number of nitrogens with zero attached hydrogens (tertiary/aromatic N) is 4. The van der Waals surface area contributed by atoms with E-state index in [1.807, 2.05) is 13.8 Å². The Hall–Kier alpha value is -1.61. The number of carbonyl (C=O) groups excluding carboxylic acids is 1. The third-order valence-electron chi connectivity index (χ3n) is 6.96. The summed E-state index contributed by atoms with van der Waals surface area (Å²) in [5.74, 6) is 0.232. The highest BCUT2D eigenvalue weighted by Gasteiger charge is 2.44. The molecular weight excluding hydrogens is 753 g/mol. The number of nitrogens with two attached hydrogens (primary N) is 1. The lowest BCUT2D eigenvalue weighted by Gasteiger charge is -2.25. The Kier molecular flexibility index (Phi) is 14.2. The van der Waals surface area contributed by atoms with E-state index in [1.165, 1.54) is 34.2 Å². The summed E-state index contributed by atoms with van der Waals surface area (Å²) < 4.78 is 66.3. The number of anilines is 1. The molecule has 7 N–H and O–H groups in total. The van der Waals surface area contributed by atoms with Gasteiger partial charge in [-0.15, -0.1) is 0 Å². The Labute approximate surface area is 289 Å². The van der Waals surface area contributed by atoms with Crippen LogP contribution in [0.4, 0.5) is 10.6 Å². The van der Waals surface area contributed by atoms with Crippen molar-refractivity contribution in [3.8, 4) is 0 Å². The lowest BCUT2D eigenvalue weighted by Crippen LogP contribution is -2.38. The van der Waals surface area contributed by atoms with Gasteiger partial charge in [-0.1, -0.05) is 33.7 Å². The zero-order valence-electron chi connectivity index (χ0n) is 26.4. The first-order valence-corrected chi connectivity index (χ1v) is 21.6. The van der Waals surface area contributed by atoms with E-state index in [0.29, 0.717) is 17.7 Å². The quantitative estimate of drug-likeness (QED) is 0.0457. The summed E-state index contributed by atoms with van der Waals surface area (Å²) in [6.07, 6.45) is 8.23. The molecule has 276 valence electrons. The van der Waals surface area contributed by atoms with Gasteiger partial charge in [0.25, 0.3) is 0 Å². The molecule has 1 amide bonds. The minimum Gasteiger partial charge on any atom is -0.446 e. The van der Waals surface area contributed by atoms with Crippen molar-refractivity contribution in [3.05, 3.63) is 24.8 Å². The third-order valence-corrected chi connectivity index (χ3v) is 13.7. The second kappa shape index (κ2) is 17.3. The molecule has 20 nitrogen and oxygen atoms in total. The Morgan fingerprint density at radius 1 is 1.10 bits per heavy atom. The van der Waals surface area contributed by atoms with Crippen LogP contribution in [0, 0.1) is 0 Å². The minimum atomic E-state index is -5.71. The van der Waals surface area contributed by atoms with Crippen LogP contribution in [0.15, 0.2) is 24.8 Å². The highest BCUT2D eigenvalue weighted by molar-refractivity contribution is 8.77. The highest BCUT2D eigenvalue weighted by Crippen LogP contribution is 2.66. The lowest BCUT2D eigenvalue weighted by atomic mass is 10.0. The van der Waals surface area contributed by atoms with Crippen molar-refractivity contribution >= 4 is 68.1 Å². The summed E-state index contributed by atoms with van der Waals surface area (Å²) in [5, 5.41) is 2.82. The van der Waals surface area contributed by atoms with Crippen LogP contribution in [0.5, 0.6) is 0 Å². The Morgan fingerprint density at radius 3 is 2.61 bits per heavy atom. The molecule has 1 aliphatic heterocycles. The summed E-state index contributed by atoms with van der Waals surface area (Å²) in [5.41, 5.74) is 6.54. The molecule has 0 radical (unpaired) electrons. The summed E-state index contributed by atoms with van der Waals surface area (Å²) in [6, 6.07) is 0. The molecule has 4 unspecified atom stereocenters. The van der Waals surface area contributed by atoms with Gasteiger partial charge in [0, 0.05) is 17.7 Å². The van der Waals surface area contributed by atoms with Crippen molar-refractivity contribution in [3.63, 3.8) is 0 Å². The standard InChI is InChI=1S/C24H39N6O14P3S2/c1-24(2,12-26-23(31)41-16-8-6-4-3-5-7-9-16)49-48-15-39-17-10-19(30-14-29-20-21(25)27-13-28-22(20)30)42-18(17)11-40-46(35,36)44-47(37,38)43-45(32,33)34/h3-4,13-14,16-19H,5-12,15H2,1-2H3,(H,26,31)(H,35,36)(H,37,38)(H2,25,27,28)(H2,32,33,34)/b4-3+/t16?,17?,18-,19-/m1/s1. The monoisotopic (exact) mass is 792 g/mol. The fourth-order valence-corrected chi connectivity index (χ4v) is 10.0. The first kappa shape index (κ1) is 40.2. The zero-order valence-corrected chi connectivity index (χ0v) is 30.7. The van der Waals surface area contributed by atoms with E-state index in [4.69, 9.17) is 34.3 Å². The number of rotatable bonds is 16. The average molecular weight is 793 g/mol. The van der Waals surface area contributed by atoms with E-state index in [1.54, 1.807) is 4.57 Å². The summed E-state index contributed by atoms with van der Waals surface area (Å²) >= 11 is 0. The predicted octanol–water partition coefficient (Wildman–Crippen LogP) is 4.16. The molecule has 0 spiro atoms. The second-order valence-electron chi connectivity index (χ2n) is 11.5. The fourth-order valence-electron chi connectivity index (χ4n) is 4.80. The van der Waals surface area contributed by atoms with E-state index in [2.05, 4.69) is 41.0 Å². The molecular formula is C24H39N6O14P3S2. The van der Waals surface area contributed by atoms with Crippen LogP contribution in [-0.4, -0.2) is 87.3 Å². The zero-order chi connectivity index (χ0) is 35.9. The number of carbonyl (C=O) groups is 1. The SMILES string of the molecule is CC(C)(CNC(=O)OC1CC/C=C/CCC1)SSCOC1C[C@H](n2cnc3c(N)ncnc32)O[C@@H]1COP(=O)(O)OP(=O)(O)OP(=O)(O)O. The van der Waals surface area contributed by atoms with Gasteiger partial charge in [0.1, 0.15) is 36.2 Å². The fraction of sp³-hybridized carbons (Fsp3) is 0.667. The molecule has 25 heteroatoms. The molecule has 3 heterocycles. The number of allylic oxidation sites excluding steroid dienone is 2. The van der Waals surface area contributed by atoms with Gasteiger partial charge in [-0.3, -0.25) is 9.09 Å². The number of alkyl carbamates (subject to hydrolysis) is 1. The van der Waals surface area contributed by atoms with E-state index >= 15 is 0 Å². The number of hydrogen-bond donors (Lipinski definition) is 6. The van der Waals surface area contributed by atoms with Gasteiger partial charge < -0.3 is 44.8 Å². The van der Waals surface area contributed by atoms with Gasteiger partial charge in [-0.05, 0) is 46.0 Å². The van der Waals surface area contributed by atoms with E-state index in [0.717, 1.165) is 32.1 Å². The molecule has 2 aliphatic rings. The number of phosphoric ester groups is 1. The molecule has 1 aliphatic carbocycles. The number of nitrogen functional groups attached to an aromatic ring is 1. The molecule has 0 bridgehead atoms. The van der Waals surface area contributed by atoms with Crippen LogP contribution in [0.3, 0.4) is 0 Å². The molecule has 2 aromatic heterocycles. The van der Waals surface area contributed by atoms with Crippen molar-refractivity contribution in [1.29, 1.82) is 0 Å². The topological polar surface area (TPSA) is 286 Å². The Bertz CT molecular complexity index is 1610. The maximum Gasteiger partial charge on any atom is 0.490 e. The first-order chi connectivity index (χ1) is 22.9. The number of imidazole rings is 1. The van der Waals surface area contributed by atoms with E-state index < -0.39 is 59.4 Å². The lowest BCUT2D eigenvalue weighted by molar-refractivity contribution is -0.0522. The van der Waals surface area contributed by atoms with Crippen molar-refractivity contribution in [1.82, 2.24) is 24.8 Å². The van der Waals surface area contributed by atoms with Gasteiger partial charge in [0.05, 0.1) is 19.0 Å². The Morgan fingerprint density at radius 2 is 1.86 bits per heavy atom. The van der Waals surface area contributed by atoms with E-state index in [-0.39, 0.29) is 24.3 Å². The van der Waals surface area contributed by atoms with Gasteiger partial charge in [-0.25, -0.2) is 33.4 Å². The number of ether oxygens (including phenoxy) is 3. The maximum atomic E-state index is 12.4. The minimum absolute atomic E-state index is 0.0976. The van der Waals surface area contributed by atoms with Crippen LogP contribution >= 0.6 is 45.1 Å². The first-order valence-electron chi connectivity index (χ1n) is 14.8. The van der Waals surface area contributed by atoms with E-state index in [9.17, 15) is 28.3 Å². The predicted molar refractivity (Wildman–Crippen MR) is 178 cm³/mol. The number of aromatic nitrogens is 4. The molecule has 6 atom stereocenters. The summed E-state index contributed by atoms with van der Waals surface area (Å²) in [7, 11) is -13.9. The van der Waals surface area contributed by atoms with Crippen LogP contribution in [0.2, 0.25) is 0 Å². The molecule has 0 aromatic carbocycles. The molecule has 1 saturated heterocycles. The molecule has 0 saturated carbocycles. The third kappa shape index (κ3) is 13.1. The van der Waals surface area contributed by atoms with Gasteiger partial charge in [-0.2, -0.15) is 8.62 Å². The highest BCUT2D eigenvalue weighted by atomic mass is 33.1. The summed E-state index contributed by atoms with van der Waals surface area (Å²) in [6.45, 7) is 3.46. The number of amides is 1. The smallest absolute Gasteiger partial charge is 0.446 e. The maximum absolute atomic E-state index is 12.4. The normalized spacial score (nSPS) is 25.2. The van der Waals surface area contributed by atoms with Crippen LogP contribution in [0.1, 0.15) is 58.6 Å². The van der Waals surface area contributed by atoms with Gasteiger partial charge in [0.2, 0.25) is 0 Å². The van der Waals surface area contributed by atoms with Crippen LogP contribution in [0.25, 0.3) is 11.2 Å². The van der Waals surface area contributed by atoms with Crippen LogP contribution < -0.4 is 11.1 Å². The van der Waals surface area contributed by atoms with Crippen molar-refractivity contribution in [2.75, 3.05) is 24.8 Å². The average Bonchev–Trinajstić information content (AvgIpc) is 3.57. The number of fused-ring (bicyclic) bond motifs is 1. The second-order valence-corrected chi connectivity index (χ2v) is 18.8. The number of nitrogens with one attached hydrogen (secondary N) is 1. The van der Waals surface area contributed by atoms with Crippen molar-refractivity contribution in [2.24, 2.45) is 0 Å². The number of hydrogen-bond acceptors (Lipinski definition) is 16. The van der Waals surface area contributed by atoms with Crippen molar-refractivity contribution < 1.29 is 65.4 Å². The molecule has 1 fully saturated rings. The Balaban J connectivity index is 1.33. The van der Waals surface area contributed by atoms with Gasteiger partial charge in [0.15, 0.2) is 11.5 Å². The molecule has 2 aromatic rings. The largest absolute Gasteiger partial charge is 0.490 e.